The summed E-state index contributed by atoms with van der Waals surface area (Å²) in [6, 6.07) is 6.74. The molecule has 1 aromatic carbocycles. The highest BCUT2D eigenvalue weighted by Crippen LogP contribution is 2.19. The number of nitrogens with zero attached hydrogens (tertiary/aromatic N) is 3. The van der Waals surface area contributed by atoms with E-state index in [1.807, 2.05) is 26.8 Å². The molecule has 23 heavy (non-hydrogen) atoms. The minimum atomic E-state index is -0.440. The summed E-state index contributed by atoms with van der Waals surface area (Å²) in [5, 5.41) is 7.58. The van der Waals surface area contributed by atoms with Crippen LogP contribution in [0, 0.1) is 19.7 Å². The van der Waals surface area contributed by atoms with Gasteiger partial charge in [0.25, 0.3) is 5.91 Å². The molecule has 0 spiro atoms. The number of carbonyl (C=O) groups excluding carboxylic acids is 1. The fourth-order valence-electron chi connectivity index (χ4n) is 2.98. The van der Waals surface area contributed by atoms with E-state index in [0.29, 0.717) is 24.3 Å². The van der Waals surface area contributed by atoms with Gasteiger partial charge in [0, 0.05) is 36.9 Å². The van der Waals surface area contributed by atoms with Crippen LogP contribution in [0.3, 0.4) is 0 Å². The van der Waals surface area contributed by atoms with Gasteiger partial charge in [-0.3, -0.25) is 4.79 Å². The normalized spacial score (nSPS) is 18.3. The maximum atomic E-state index is 14.5. The zero-order chi connectivity index (χ0) is 16.6. The van der Waals surface area contributed by atoms with Crippen molar-refractivity contribution in [3.05, 3.63) is 47.0 Å². The predicted molar refractivity (Wildman–Crippen MR) is 86.4 cm³/mol. The Balaban J connectivity index is 1.87. The Bertz CT molecular complexity index is 740. The number of nitrogens with one attached hydrogen (secondary N) is 1. The Kier molecular flexibility index (Phi) is 4.17. The summed E-state index contributed by atoms with van der Waals surface area (Å²) in [6.07, 6.45) is 0. The van der Waals surface area contributed by atoms with Crippen LogP contribution in [-0.4, -0.2) is 46.3 Å². The van der Waals surface area contributed by atoms with Gasteiger partial charge >= 0.3 is 0 Å². The lowest BCUT2D eigenvalue weighted by Crippen LogP contribution is -2.51. The number of halogens is 1. The third kappa shape index (κ3) is 3.12. The van der Waals surface area contributed by atoms with Crippen molar-refractivity contribution in [3.63, 3.8) is 0 Å². The molecule has 6 heteroatoms. The first kappa shape index (κ1) is 15.7. The fourth-order valence-corrected chi connectivity index (χ4v) is 2.98. The van der Waals surface area contributed by atoms with Gasteiger partial charge < -0.3 is 10.2 Å². The number of hydrogen-bond donors (Lipinski definition) is 1. The largest absolute Gasteiger partial charge is 0.336 e. The van der Waals surface area contributed by atoms with Gasteiger partial charge in [0.05, 0.1) is 5.69 Å². The molecule has 0 radical (unpaired) electrons. The Morgan fingerprint density at radius 2 is 2.13 bits per heavy atom. The molecule has 1 aliphatic heterocycles. The maximum Gasteiger partial charge on any atom is 0.254 e. The highest BCUT2D eigenvalue weighted by molar-refractivity contribution is 5.94. The van der Waals surface area contributed by atoms with Crippen molar-refractivity contribution in [2.45, 2.75) is 26.8 Å². The van der Waals surface area contributed by atoms with E-state index in [2.05, 4.69) is 10.4 Å². The van der Waals surface area contributed by atoms with Crippen LogP contribution in [0.2, 0.25) is 0 Å². The van der Waals surface area contributed by atoms with Crippen LogP contribution in [0.1, 0.15) is 28.7 Å². The SMILES string of the molecule is Cc1cc(C)n(-c2ccc(C(=O)N3CCN[C@@H](C)C3)cc2F)n1. The van der Waals surface area contributed by atoms with E-state index in [1.165, 1.54) is 6.07 Å². The van der Waals surface area contributed by atoms with Gasteiger partial charge in [-0.2, -0.15) is 5.10 Å². The summed E-state index contributed by atoms with van der Waals surface area (Å²) in [6.45, 7) is 7.82. The van der Waals surface area contributed by atoms with Crippen molar-refractivity contribution >= 4 is 5.91 Å². The van der Waals surface area contributed by atoms with Gasteiger partial charge in [-0.25, -0.2) is 9.07 Å². The van der Waals surface area contributed by atoms with Crippen LogP contribution >= 0.6 is 0 Å². The third-order valence-corrected chi connectivity index (χ3v) is 4.09. The average molecular weight is 316 g/mol. The molecule has 1 aromatic heterocycles. The van der Waals surface area contributed by atoms with Crippen LogP contribution in [-0.2, 0) is 0 Å². The highest BCUT2D eigenvalue weighted by atomic mass is 19.1. The van der Waals surface area contributed by atoms with Crippen LogP contribution in [0.25, 0.3) is 5.69 Å². The van der Waals surface area contributed by atoms with Gasteiger partial charge in [0.15, 0.2) is 0 Å². The number of hydrogen-bond acceptors (Lipinski definition) is 3. The fraction of sp³-hybridized carbons (Fsp3) is 0.412. The number of aryl methyl sites for hydroxylation is 2. The summed E-state index contributed by atoms with van der Waals surface area (Å²) >= 11 is 0. The van der Waals surface area contributed by atoms with Crippen LogP contribution in [0.5, 0.6) is 0 Å². The molecule has 1 aliphatic rings. The molecular formula is C17H21FN4O. The van der Waals surface area contributed by atoms with Crippen LogP contribution in [0.4, 0.5) is 4.39 Å². The average Bonchev–Trinajstić information content (AvgIpc) is 2.85. The second-order valence-corrected chi connectivity index (χ2v) is 6.11. The van der Waals surface area contributed by atoms with E-state index in [0.717, 1.165) is 17.9 Å². The summed E-state index contributed by atoms with van der Waals surface area (Å²) in [7, 11) is 0. The molecule has 1 fully saturated rings. The first-order valence-corrected chi connectivity index (χ1v) is 7.81. The smallest absolute Gasteiger partial charge is 0.254 e. The number of carbonyl (C=O) groups is 1. The topological polar surface area (TPSA) is 50.2 Å². The standard InChI is InChI=1S/C17H21FN4O/c1-11-8-13(3)22(20-11)16-5-4-14(9-15(16)18)17(23)21-7-6-19-12(2)10-21/h4-5,8-9,12,19H,6-7,10H2,1-3H3/t12-/m0/s1. The summed E-state index contributed by atoms with van der Waals surface area (Å²) < 4.78 is 16.0. The van der Waals surface area contributed by atoms with Gasteiger partial charge in [0.1, 0.15) is 11.5 Å². The van der Waals surface area contributed by atoms with E-state index in [-0.39, 0.29) is 11.9 Å². The molecule has 2 heterocycles. The molecule has 0 saturated carbocycles. The third-order valence-electron chi connectivity index (χ3n) is 4.09. The van der Waals surface area contributed by atoms with Gasteiger partial charge in [-0.1, -0.05) is 0 Å². The van der Waals surface area contributed by atoms with Crippen molar-refractivity contribution < 1.29 is 9.18 Å². The number of aromatic nitrogens is 2. The zero-order valence-corrected chi connectivity index (χ0v) is 13.6. The first-order chi connectivity index (χ1) is 11.0. The molecule has 1 amide bonds. The molecule has 122 valence electrons. The molecule has 5 nitrogen and oxygen atoms in total. The number of rotatable bonds is 2. The summed E-state index contributed by atoms with van der Waals surface area (Å²) in [5.74, 6) is -0.567. The Labute approximate surface area is 135 Å². The van der Waals surface area contributed by atoms with E-state index < -0.39 is 5.82 Å². The lowest BCUT2D eigenvalue weighted by atomic mass is 10.1. The van der Waals surface area contributed by atoms with Crippen LogP contribution < -0.4 is 5.32 Å². The Hall–Kier alpha value is -2.21. The number of benzene rings is 1. The van der Waals surface area contributed by atoms with Gasteiger partial charge in [-0.05, 0) is 45.0 Å². The highest BCUT2D eigenvalue weighted by Gasteiger charge is 2.22. The van der Waals surface area contributed by atoms with Gasteiger partial charge in [-0.15, -0.1) is 0 Å². The Morgan fingerprint density at radius 3 is 2.74 bits per heavy atom. The van der Waals surface area contributed by atoms with Crippen molar-refractivity contribution in [2.24, 2.45) is 0 Å². The minimum Gasteiger partial charge on any atom is -0.336 e. The van der Waals surface area contributed by atoms with Crippen molar-refractivity contribution in [1.82, 2.24) is 20.0 Å². The van der Waals surface area contributed by atoms with Crippen LogP contribution in [0.15, 0.2) is 24.3 Å². The van der Waals surface area contributed by atoms with E-state index in [9.17, 15) is 9.18 Å². The molecule has 1 atom stereocenters. The maximum absolute atomic E-state index is 14.5. The van der Waals surface area contributed by atoms with Crippen molar-refractivity contribution in [3.8, 4) is 5.69 Å². The van der Waals surface area contributed by atoms with E-state index in [1.54, 1.807) is 21.7 Å². The second-order valence-electron chi connectivity index (χ2n) is 6.11. The second kappa shape index (κ2) is 6.12. The molecule has 2 aromatic rings. The predicted octanol–water partition coefficient (Wildman–Crippen LogP) is 2.06. The lowest BCUT2D eigenvalue weighted by Gasteiger charge is -2.32. The molecule has 0 unspecified atom stereocenters. The quantitative estimate of drug-likeness (QED) is 0.923. The number of piperazine rings is 1. The summed E-state index contributed by atoms with van der Waals surface area (Å²) in [5.41, 5.74) is 2.43. The Morgan fingerprint density at radius 1 is 1.35 bits per heavy atom. The lowest BCUT2D eigenvalue weighted by molar-refractivity contribution is 0.0708. The van der Waals surface area contributed by atoms with Crippen molar-refractivity contribution in [1.29, 1.82) is 0 Å². The molecular weight excluding hydrogens is 295 g/mol. The molecule has 1 saturated heterocycles. The molecule has 0 aliphatic carbocycles. The minimum absolute atomic E-state index is 0.128. The van der Waals surface area contributed by atoms with Gasteiger partial charge in [0.2, 0.25) is 0 Å². The zero-order valence-electron chi connectivity index (χ0n) is 13.6. The molecule has 0 bridgehead atoms. The van der Waals surface area contributed by atoms with E-state index in [4.69, 9.17) is 0 Å². The van der Waals surface area contributed by atoms with Crippen molar-refractivity contribution in [2.75, 3.05) is 19.6 Å². The monoisotopic (exact) mass is 316 g/mol. The molecule has 3 rings (SSSR count). The summed E-state index contributed by atoms with van der Waals surface area (Å²) in [4.78, 5) is 14.3. The van der Waals surface area contributed by atoms with E-state index >= 15 is 0 Å². The number of amides is 1. The first-order valence-electron chi connectivity index (χ1n) is 7.81. The molecule has 1 N–H and O–H groups in total.